The van der Waals surface area contributed by atoms with Crippen LogP contribution >= 0.6 is 0 Å². The van der Waals surface area contributed by atoms with Crippen molar-refractivity contribution in [1.82, 2.24) is 0 Å². The van der Waals surface area contributed by atoms with Gasteiger partial charge in [-0.05, 0) is 72.1 Å². The summed E-state index contributed by atoms with van der Waals surface area (Å²) in [7, 11) is 0. The lowest BCUT2D eigenvalue weighted by Crippen LogP contribution is -2.25. The van der Waals surface area contributed by atoms with E-state index in [0.717, 1.165) is 33.4 Å². The van der Waals surface area contributed by atoms with Crippen LogP contribution in [0.3, 0.4) is 0 Å². The van der Waals surface area contributed by atoms with E-state index < -0.39 is 5.41 Å². The van der Waals surface area contributed by atoms with E-state index in [4.69, 9.17) is 0 Å². The fourth-order valence-electron chi connectivity index (χ4n) is 4.03. The second-order valence-electron chi connectivity index (χ2n) is 7.12. The molecule has 0 amide bonds. The lowest BCUT2D eigenvalue weighted by atomic mass is 9.69. The van der Waals surface area contributed by atoms with Gasteiger partial charge in [-0.2, -0.15) is 0 Å². The van der Waals surface area contributed by atoms with Gasteiger partial charge in [-0.1, -0.05) is 60.2 Å². The van der Waals surface area contributed by atoms with Gasteiger partial charge in [0.05, 0.1) is 5.41 Å². The highest BCUT2D eigenvalue weighted by atomic mass is 19.1. The predicted molar refractivity (Wildman–Crippen MR) is 107 cm³/mol. The van der Waals surface area contributed by atoms with Gasteiger partial charge in [-0.25, -0.2) is 8.78 Å². The van der Waals surface area contributed by atoms with Gasteiger partial charge in [-0.3, -0.25) is 0 Å². The van der Waals surface area contributed by atoms with E-state index >= 15 is 0 Å². The number of hydrogen-bond acceptors (Lipinski definition) is 0. The molecule has 0 fully saturated rings. The molecular formula is C25H20F2. The molecule has 0 radical (unpaired) electrons. The van der Waals surface area contributed by atoms with Gasteiger partial charge in [0.1, 0.15) is 11.6 Å². The molecule has 0 aliphatic heterocycles. The van der Waals surface area contributed by atoms with Crippen LogP contribution < -0.4 is 0 Å². The molecule has 1 unspecified atom stereocenters. The zero-order chi connectivity index (χ0) is 19.0. The van der Waals surface area contributed by atoms with Crippen LogP contribution in [-0.2, 0) is 5.41 Å². The van der Waals surface area contributed by atoms with Crippen LogP contribution in [0.4, 0.5) is 8.78 Å². The minimum atomic E-state index is -0.561. The first-order valence-electron chi connectivity index (χ1n) is 9.01. The molecule has 0 nitrogen and oxygen atoms in total. The normalized spacial score (nSPS) is 21.2. The molecular weight excluding hydrogens is 338 g/mol. The smallest absolute Gasteiger partial charge is 0.123 e. The van der Waals surface area contributed by atoms with Crippen molar-refractivity contribution in [2.45, 2.75) is 19.3 Å². The highest BCUT2D eigenvalue weighted by Gasteiger charge is 2.44. The molecule has 2 aromatic rings. The SMILES string of the molecule is CC(C)=C1C=C(c2ccc(F)cc2)C2=CC=C(F)C=CC21c1ccccc1. The molecule has 1 atom stereocenters. The van der Waals surface area contributed by atoms with Crippen LogP contribution in [0, 0.1) is 5.82 Å². The fourth-order valence-corrected chi connectivity index (χ4v) is 4.03. The lowest BCUT2D eigenvalue weighted by molar-refractivity contribution is 0.627. The maximum absolute atomic E-state index is 14.2. The van der Waals surface area contributed by atoms with E-state index in [0.29, 0.717) is 0 Å². The van der Waals surface area contributed by atoms with Crippen LogP contribution in [0.2, 0.25) is 0 Å². The number of halogens is 2. The number of fused-ring (bicyclic) bond motifs is 1. The van der Waals surface area contributed by atoms with Gasteiger partial charge in [0.15, 0.2) is 0 Å². The quantitative estimate of drug-likeness (QED) is 0.551. The molecule has 0 bridgehead atoms. The Bertz CT molecular complexity index is 1030. The Labute approximate surface area is 158 Å². The van der Waals surface area contributed by atoms with Crippen LogP contribution in [0.25, 0.3) is 5.57 Å². The maximum atomic E-state index is 14.2. The average molecular weight is 358 g/mol. The Hall–Kier alpha value is -3.00. The van der Waals surface area contributed by atoms with Crippen molar-refractivity contribution >= 4 is 5.57 Å². The average Bonchev–Trinajstić information content (AvgIpc) is 2.91. The topological polar surface area (TPSA) is 0 Å². The maximum Gasteiger partial charge on any atom is 0.123 e. The first kappa shape index (κ1) is 17.4. The largest absolute Gasteiger partial charge is 0.207 e. The van der Waals surface area contributed by atoms with E-state index in [1.165, 1.54) is 18.2 Å². The fraction of sp³-hybridized carbons (Fsp3) is 0.120. The molecule has 4 rings (SSSR count). The van der Waals surface area contributed by atoms with Crippen molar-refractivity contribution in [3.05, 3.63) is 124 Å². The van der Waals surface area contributed by atoms with Crippen molar-refractivity contribution in [1.29, 1.82) is 0 Å². The van der Waals surface area contributed by atoms with E-state index in [1.54, 1.807) is 18.2 Å². The first-order valence-corrected chi connectivity index (χ1v) is 9.01. The van der Waals surface area contributed by atoms with Crippen LogP contribution in [0.1, 0.15) is 25.0 Å². The van der Waals surface area contributed by atoms with Crippen molar-refractivity contribution in [3.63, 3.8) is 0 Å². The summed E-state index contributed by atoms with van der Waals surface area (Å²) in [6.07, 6.45) is 9.00. The zero-order valence-corrected chi connectivity index (χ0v) is 15.3. The minimum absolute atomic E-state index is 0.269. The summed E-state index contributed by atoms with van der Waals surface area (Å²) in [5.74, 6) is -0.548. The molecule has 0 N–H and O–H groups in total. The van der Waals surface area contributed by atoms with Crippen molar-refractivity contribution in [2.75, 3.05) is 0 Å². The number of hydrogen-bond donors (Lipinski definition) is 0. The van der Waals surface area contributed by atoms with Crippen molar-refractivity contribution < 1.29 is 8.78 Å². The molecule has 2 aliphatic rings. The van der Waals surface area contributed by atoms with Crippen LogP contribution in [0.5, 0.6) is 0 Å². The number of rotatable bonds is 2. The van der Waals surface area contributed by atoms with E-state index in [2.05, 4.69) is 32.1 Å². The standard InChI is InChI=1S/C25H20F2/c1-17(2)24-16-22(18-8-10-20(26)11-9-18)23-13-12-21(27)14-15-25(23,24)19-6-4-3-5-7-19/h3-16H,1-2H3. The molecule has 0 saturated carbocycles. The van der Waals surface area contributed by atoms with Gasteiger partial charge in [0.2, 0.25) is 0 Å². The molecule has 27 heavy (non-hydrogen) atoms. The Kier molecular flexibility index (Phi) is 4.27. The minimum Gasteiger partial charge on any atom is -0.207 e. The summed E-state index contributed by atoms with van der Waals surface area (Å²) in [6.45, 7) is 4.15. The third-order valence-corrected chi connectivity index (χ3v) is 5.25. The molecule has 2 aliphatic carbocycles. The molecule has 2 heteroatoms. The number of allylic oxidation sites excluding steroid dienone is 10. The summed E-state index contributed by atoms with van der Waals surface area (Å²) in [5.41, 5.74) is 5.72. The van der Waals surface area contributed by atoms with Gasteiger partial charge in [0.25, 0.3) is 0 Å². The highest BCUT2D eigenvalue weighted by molar-refractivity contribution is 5.92. The molecule has 2 aromatic carbocycles. The zero-order valence-electron chi connectivity index (χ0n) is 15.3. The summed E-state index contributed by atoms with van der Waals surface area (Å²) >= 11 is 0. The van der Waals surface area contributed by atoms with Crippen LogP contribution in [0.15, 0.2) is 108 Å². The number of benzene rings is 2. The van der Waals surface area contributed by atoms with Gasteiger partial charge < -0.3 is 0 Å². The van der Waals surface area contributed by atoms with E-state index in [1.807, 2.05) is 30.4 Å². The summed E-state index contributed by atoms with van der Waals surface area (Å²) in [5, 5.41) is 0. The molecule has 0 spiro atoms. The van der Waals surface area contributed by atoms with Gasteiger partial charge >= 0.3 is 0 Å². The van der Waals surface area contributed by atoms with Gasteiger partial charge in [-0.15, -0.1) is 0 Å². The predicted octanol–water partition coefficient (Wildman–Crippen LogP) is 6.85. The Morgan fingerprint density at radius 1 is 0.852 bits per heavy atom. The van der Waals surface area contributed by atoms with Gasteiger partial charge in [0, 0.05) is 0 Å². The van der Waals surface area contributed by atoms with E-state index in [-0.39, 0.29) is 11.6 Å². The second kappa shape index (κ2) is 6.62. The van der Waals surface area contributed by atoms with Crippen LogP contribution in [-0.4, -0.2) is 0 Å². The molecule has 0 aromatic heterocycles. The summed E-state index contributed by atoms with van der Waals surface area (Å²) in [6, 6.07) is 16.6. The second-order valence-corrected chi connectivity index (χ2v) is 7.12. The van der Waals surface area contributed by atoms with E-state index in [9.17, 15) is 8.78 Å². The molecule has 0 heterocycles. The Balaban J connectivity index is 2.03. The molecule has 0 saturated heterocycles. The summed E-state index contributed by atoms with van der Waals surface area (Å²) < 4.78 is 27.6. The molecule has 134 valence electrons. The lowest BCUT2D eigenvalue weighted by Gasteiger charge is -2.32. The third-order valence-electron chi connectivity index (χ3n) is 5.25. The highest BCUT2D eigenvalue weighted by Crippen LogP contribution is 2.54. The van der Waals surface area contributed by atoms with Crippen molar-refractivity contribution in [2.24, 2.45) is 0 Å². The Morgan fingerprint density at radius 3 is 2.22 bits per heavy atom. The third kappa shape index (κ3) is 2.82. The van der Waals surface area contributed by atoms with Crippen molar-refractivity contribution in [3.8, 4) is 0 Å². The summed E-state index contributed by atoms with van der Waals surface area (Å²) in [4.78, 5) is 0. The Morgan fingerprint density at radius 2 is 1.56 bits per heavy atom. The monoisotopic (exact) mass is 358 g/mol. The first-order chi connectivity index (χ1) is 13.0.